The van der Waals surface area contributed by atoms with E-state index in [2.05, 4.69) is 0 Å². The molecule has 0 amide bonds. The van der Waals surface area contributed by atoms with Crippen LogP contribution in [0.1, 0.15) is 38.5 Å². The van der Waals surface area contributed by atoms with Gasteiger partial charge < -0.3 is 9.84 Å². The second-order valence-electron chi connectivity index (χ2n) is 3.10. The van der Waals surface area contributed by atoms with Gasteiger partial charge in [-0.25, -0.2) is 0 Å². The smallest absolute Gasteiger partial charge is 0.0821 e. The molecule has 0 unspecified atom stereocenters. The largest absolute Gasteiger partial charge is 0.390 e. The van der Waals surface area contributed by atoms with Crippen molar-refractivity contribution >= 4 is 0 Å². The van der Waals surface area contributed by atoms with Crippen LogP contribution in [0, 0.1) is 6.61 Å². The zero-order valence-electron chi connectivity index (χ0n) is 6.96. The first-order chi connectivity index (χ1) is 5.43. The lowest BCUT2D eigenvalue weighted by Gasteiger charge is -2.21. The standard InChI is InChI=1S/C9H17O2/c10-7-4-8-11-9-5-2-1-3-6-9/h7,9-10H,1-6,8H2. The summed E-state index contributed by atoms with van der Waals surface area (Å²) in [6.45, 7) is 1.85. The Labute approximate surface area is 68.6 Å². The molecule has 1 rings (SSSR count). The van der Waals surface area contributed by atoms with Crippen molar-refractivity contribution in [1.82, 2.24) is 0 Å². The first-order valence-corrected chi connectivity index (χ1v) is 4.51. The number of aliphatic hydroxyl groups excluding tert-OH is 1. The van der Waals surface area contributed by atoms with E-state index in [1.165, 1.54) is 38.7 Å². The van der Waals surface area contributed by atoms with E-state index in [4.69, 9.17) is 9.84 Å². The number of hydrogen-bond acceptors (Lipinski definition) is 2. The second kappa shape index (κ2) is 5.56. The van der Waals surface area contributed by atoms with Crippen LogP contribution in [0.5, 0.6) is 0 Å². The Kier molecular flexibility index (Phi) is 4.55. The highest BCUT2D eigenvalue weighted by molar-refractivity contribution is 4.65. The van der Waals surface area contributed by atoms with Crippen LogP contribution in [0.2, 0.25) is 0 Å². The Morgan fingerprint density at radius 1 is 1.27 bits per heavy atom. The molecule has 1 saturated carbocycles. The summed E-state index contributed by atoms with van der Waals surface area (Å²) in [5, 5.41) is 8.39. The van der Waals surface area contributed by atoms with Crippen LogP contribution in [0.25, 0.3) is 0 Å². The average molecular weight is 157 g/mol. The summed E-state index contributed by atoms with van der Waals surface area (Å²) < 4.78 is 5.53. The summed E-state index contributed by atoms with van der Waals surface area (Å²) >= 11 is 0. The minimum Gasteiger partial charge on any atom is -0.390 e. The van der Waals surface area contributed by atoms with Gasteiger partial charge >= 0.3 is 0 Å². The Bertz CT molecular complexity index is 87.6. The van der Waals surface area contributed by atoms with Crippen LogP contribution in [-0.2, 0) is 4.74 Å². The van der Waals surface area contributed by atoms with E-state index in [1.54, 1.807) is 0 Å². The number of aliphatic hydroxyl groups is 1. The quantitative estimate of drug-likeness (QED) is 0.634. The molecule has 0 aromatic heterocycles. The van der Waals surface area contributed by atoms with E-state index in [9.17, 15) is 0 Å². The van der Waals surface area contributed by atoms with Gasteiger partial charge in [-0.2, -0.15) is 0 Å². The van der Waals surface area contributed by atoms with Gasteiger partial charge in [-0.1, -0.05) is 19.3 Å². The predicted molar refractivity (Wildman–Crippen MR) is 43.7 cm³/mol. The van der Waals surface area contributed by atoms with Gasteiger partial charge in [0.15, 0.2) is 0 Å². The van der Waals surface area contributed by atoms with Crippen molar-refractivity contribution in [1.29, 1.82) is 0 Å². The average Bonchev–Trinajstić information content (AvgIpc) is 2.07. The SMILES string of the molecule is O[CH]CCOC1CCCCC1. The summed E-state index contributed by atoms with van der Waals surface area (Å²) in [6, 6.07) is 0. The topological polar surface area (TPSA) is 29.5 Å². The monoisotopic (exact) mass is 157 g/mol. The first-order valence-electron chi connectivity index (χ1n) is 4.51. The van der Waals surface area contributed by atoms with Crippen molar-refractivity contribution < 1.29 is 9.84 Å². The van der Waals surface area contributed by atoms with Gasteiger partial charge in [0.1, 0.15) is 0 Å². The molecular weight excluding hydrogens is 140 g/mol. The summed E-state index contributed by atoms with van der Waals surface area (Å²) in [5.41, 5.74) is 0. The molecule has 65 valence electrons. The fourth-order valence-corrected chi connectivity index (χ4v) is 1.52. The van der Waals surface area contributed by atoms with E-state index in [0.717, 1.165) is 0 Å². The molecule has 1 N–H and O–H groups in total. The summed E-state index contributed by atoms with van der Waals surface area (Å²) in [6.07, 6.45) is 7.56. The molecule has 0 spiro atoms. The van der Waals surface area contributed by atoms with Crippen LogP contribution in [0.3, 0.4) is 0 Å². The molecule has 0 aliphatic heterocycles. The third-order valence-electron chi connectivity index (χ3n) is 2.15. The lowest BCUT2D eigenvalue weighted by molar-refractivity contribution is 0.0263. The number of ether oxygens (including phenoxy) is 1. The molecule has 0 aromatic carbocycles. The van der Waals surface area contributed by atoms with Gasteiger partial charge in [-0.15, -0.1) is 0 Å². The molecular formula is C9H17O2. The van der Waals surface area contributed by atoms with Gasteiger partial charge in [-0.3, -0.25) is 0 Å². The molecule has 1 fully saturated rings. The predicted octanol–water partition coefficient (Wildman–Crippen LogP) is 2.26. The molecule has 2 heteroatoms. The molecule has 0 heterocycles. The van der Waals surface area contributed by atoms with Gasteiger partial charge in [0.2, 0.25) is 0 Å². The molecule has 1 aliphatic carbocycles. The fourth-order valence-electron chi connectivity index (χ4n) is 1.52. The van der Waals surface area contributed by atoms with Crippen LogP contribution in [0.4, 0.5) is 0 Å². The molecule has 0 saturated heterocycles. The lowest BCUT2D eigenvalue weighted by Crippen LogP contribution is -2.17. The van der Waals surface area contributed by atoms with E-state index in [-0.39, 0.29) is 0 Å². The molecule has 2 nitrogen and oxygen atoms in total. The van der Waals surface area contributed by atoms with E-state index < -0.39 is 0 Å². The van der Waals surface area contributed by atoms with Crippen molar-refractivity contribution in [2.75, 3.05) is 6.61 Å². The summed E-state index contributed by atoms with van der Waals surface area (Å²) in [5.74, 6) is 0. The fraction of sp³-hybridized carbons (Fsp3) is 0.889. The molecule has 11 heavy (non-hydrogen) atoms. The Balaban J connectivity index is 1.96. The highest BCUT2D eigenvalue weighted by Gasteiger charge is 2.12. The van der Waals surface area contributed by atoms with Crippen molar-refractivity contribution in [2.45, 2.75) is 44.6 Å². The van der Waals surface area contributed by atoms with Crippen LogP contribution in [-0.4, -0.2) is 17.8 Å². The van der Waals surface area contributed by atoms with Crippen molar-refractivity contribution in [3.05, 3.63) is 6.61 Å². The number of hydrogen-bond donors (Lipinski definition) is 1. The van der Waals surface area contributed by atoms with Crippen molar-refractivity contribution in [3.63, 3.8) is 0 Å². The van der Waals surface area contributed by atoms with E-state index in [1.807, 2.05) is 0 Å². The third kappa shape index (κ3) is 3.73. The Morgan fingerprint density at radius 2 is 2.00 bits per heavy atom. The summed E-state index contributed by atoms with van der Waals surface area (Å²) in [4.78, 5) is 0. The molecule has 1 aliphatic rings. The third-order valence-corrected chi connectivity index (χ3v) is 2.15. The van der Waals surface area contributed by atoms with Gasteiger partial charge in [0, 0.05) is 6.61 Å². The number of rotatable bonds is 4. The molecule has 0 atom stereocenters. The normalized spacial score (nSPS) is 20.5. The van der Waals surface area contributed by atoms with Crippen molar-refractivity contribution in [2.24, 2.45) is 0 Å². The van der Waals surface area contributed by atoms with Crippen LogP contribution in [0.15, 0.2) is 0 Å². The zero-order chi connectivity index (χ0) is 7.94. The Hall–Kier alpha value is -0.0800. The van der Waals surface area contributed by atoms with E-state index in [0.29, 0.717) is 19.1 Å². The maximum absolute atomic E-state index is 8.39. The molecule has 1 radical (unpaired) electrons. The van der Waals surface area contributed by atoms with Crippen LogP contribution < -0.4 is 0 Å². The van der Waals surface area contributed by atoms with Gasteiger partial charge in [-0.05, 0) is 19.3 Å². The van der Waals surface area contributed by atoms with Crippen LogP contribution >= 0.6 is 0 Å². The minimum atomic E-state index is 0.476. The van der Waals surface area contributed by atoms with Gasteiger partial charge in [0.05, 0.1) is 12.7 Å². The first kappa shape index (κ1) is 9.01. The van der Waals surface area contributed by atoms with E-state index >= 15 is 0 Å². The maximum Gasteiger partial charge on any atom is 0.0821 e. The lowest BCUT2D eigenvalue weighted by atomic mass is 9.98. The highest BCUT2D eigenvalue weighted by Crippen LogP contribution is 2.20. The second-order valence-corrected chi connectivity index (χ2v) is 3.10. The molecule has 0 aromatic rings. The highest BCUT2D eigenvalue weighted by atomic mass is 16.5. The Morgan fingerprint density at radius 3 is 2.64 bits per heavy atom. The van der Waals surface area contributed by atoms with Gasteiger partial charge in [0.25, 0.3) is 0 Å². The summed E-state index contributed by atoms with van der Waals surface area (Å²) in [7, 11) is 0. The zero-order valence-corrected chi connectivity index (χ0v) is 6.96. The van der Waals surface area contributed by atoms with Crippen molar-refractivity contribution in [3.8, 4) is 0 Å². The maximum atomic E-state index is 8.39. The molecule has 0 bridgehead atoms. The minimum absolute atomic E-state index is 0.476.